The highest BCUT2D eigenvalue weighted by Gasteiger charge is 2.21. The maximum Gasteiger partial charge on any atom is 0.251 e. The molecule has 27 heavy (non-hydrogen) atoms. The molecule has 1 saturated carbocycles. The van der Waals surface area contributed by atoms with Gasteiger partial charge in [-0.1, -0.05) is 32.3 Å². The third-order valence-corrected chi connectivity index (χ3v) is 5.35. The molecule has 0 bridgehead atoms. The van der Waals surface area contributed by atoms with E-state index in [1.54, 1.807) is 12.1 Å². The Morgan fingerprint density at radius 3 is 2.78 bits per heavy atom. The second-order valence-electron chi connectivity index (χ2n) is 7.26. The van der Waals surface area contributed by atoms with Gasteiger partial charge in [0.25, 0.3) is 5.91 Å². The third kappa shape index (κ3) is 4.02. The van der Waals surface area contributed by atoms with E-state index >= 15 is 0 Å². The minimum Gasteiger partial charge on any atom is -0.440 e. The van der Waals surface area contributed by atoms with Gasteiger partial charge in [-0.25, -0.2) is 4.98 Å². The number of hydrogen-bond donors (Lipinski definition) is 1. The van der Waals surface area contributed by atoms with Crippen LogP contribution in [0, 0.1) is 0 Å². The summed E-state index contributed by atoms with van der Waals surface area (Å²) in [6.45, 7) is 2.50. The molecule has 1 aromatic carbocycles. The van der Waals surface area contributed by atoms with Crippen LogP contribution in [-0.2, 0) is 13.0 Å². The molecule has 5 nitrogen and oxygen atoms in total. The van der Waals surface area contributed by atoms with Gasteiger partial charge in [-0.15, -0.1) is 0 Å². The molecule has 0 radical (unpaired) electrons. The molecule has 0 unspecified atom stereocenters. The van der Waals surface area contributed by atoms with Crippen LogP contribution in [0.25, 0.3) is 11.1 Å². The molecule has 2 aromatic heterocycles. The van der Waals surface area contributed by atoms with E-state index in [9.17, 15) is 4.79 Å². The number of amides is 1. The van der Waals surface area contributed by atoms with Gasteiger partial charge in [0.05, 0.1) is 12.2 Å². The Hall–Kier alpha value is -2.69. The van der Waals surface area contributed by atoms with Crippen molar-refractivity contribution in [2.45, 2.75) is 57.9 Å². The minimum absolute atomic E-state index is 0.131. The first-order valence-electron chi connectivity index (χ1n) is 9.85. The van der Waals surface area contributed by atoms with Gasteiger partial charge >= 0.3 is 0 Å². The minimum atomic E-state index is -0.131. The summed E-state index contributed by atoms with van der Waals surface area (Å²) >= 11 is 0. The summed E-state index contributed by atoms with van der Waals surface area (Å²) in [5.41, 5.74) is 4.13. The first-order chi connectivity index (χ1) is 13.2. The molecule has 1 aliphatic carbocycles. The van der Waals surface area contributed by atoms with E-state index in [0.29, 0.717) is 23.6 Å². The molecule has 0 saturated heterocycles. The first-order valence-corrected chi connectivity index (χ1v) is 9.85. The summed E-state index contributed by atoms with van der Waals surface area (Å²) < 4.78 is 5.98. The Morgan fingerprint density at radius 2 is 2.04 bits per heavy atom. The second kappa shape index (κ2) is 7.91. The zero-order valence-corrected chi connectivity index (χ0v) is 15.7. The number of nitrogens with one attached hydrogen (secondary N) is 1. The van der Waals surface area contributed by atoms with Crippen LogP contribution in [0.2, 0.25) is 0 Å². The zero-order chi connectivity index (χ0) is 18.6. The summed E-state index contributed by atoms with van der Waals surface area (Å²) in [4.78, 5) is 21.5. The Morgan fingerprint density at radius 1 is 1.19 bits per heavy atom. The number of pyridine rings is 1. The maximum absolute atomic E-state index is 12.5. The number of benzene rings is 1. The topological polar surface area (TPSA) is 68.0 Å². The van der Waals surface area contributed by atoms with Crippen molar-refractivity contribution < 1.29 is 9.21 Å². The van der Waals surface area contributed by atoms with Gasteiger partial charge in [0, 0.05) is 17.7 Å². The summed E-state index contributed by atoms with van der Waals surface area (Å²) in [6.07, 6.45) is 8.88. The predicted molar refractivity (Wildman–Crippen MR) is 105 cm³/mol. The average molecular weight is 363 g/mol. The molecule has 3 aromatic rings. The molecule has 4 rings (SSSR count). The van der Waals surface area contributed by atoms with Crippen molar-refractivity contribution >= 4 is 17.0 Å². The van der Waals surface area contributed by atoms with Crippen LogP contribution in [-0.4, -0.2) is 15.9 Å². The third-order valence-electron chi connectivity index (χ3n) is 5.35. The number of hydrogen-bond acceptors (Lipinski definition) is 4. The van der Waals surface area contributed by atoms with Crippen molar-refractivity contribution in [2.75, 3.05) is 0 Å². The van der Waals surface area contributed by atoms with Gasteiger partial charge < -0.3 is 9.73 Å². The molecule has 5 heteroatoms. The van der Waals surface area contributed by atoms with Crippen molar-refractivity contribution in [3.8, 4) is 0 Å². The fourth-order valence-electron chi connectivity index (χ4n) is 3.65. The number of carbonyl (C=O) groups excluding carboxylic acids is 1. The van der Waals surface area contributed by atoms with E-state index < -0.39 is 0 Å². The summed E-state index contributed by atoms with van der Waals surface area (Å²) in [7, 11) is 0. The molecule has 2 heterocycles. The van der Waals surface area contributed by atoms with E-state index in [2.05, 4.69) is 22.2 Å². The van der Waals surface area contributed by atoms with Crippen molar-refractivity contribution in [3.63, 3.8) is 0 Å². The molecule has 1 fully saturated rings. The molecule has 1 amide bonds. The standard InChI is InChI=1S/C22H25N3O2/c1-2-15-8-10-18(23-13-15)14-24-21(26)17-9-11-19-20(12-17)27-22(25-19)16-6-4-3-5-7-16/h8-13,16H,2-7,14H2,1H3,(H,24,26). The van der Waals surface area contributed by atoms with Gasteiger partial charge in [-0.05, 0) is 49.1 Å². The Labute approximate surface area is 159 Å². The second-order valence-corrected chi connectivity index (χ2v) is 7.26. The number of carbonyl (C=O) groups is 1. The highest BCUT2D eigenvalue weighted by molar-refractivity contribution is 5.96. The van der Waals surface area contributed by atoms with E-state index in [-0.39, 0.29) is 5.91 Å². The van der Waals surface area contributed by atoms with Crippen LogP contribution >= 0.6 is 0 Å². The van der Waals surface area contributed by atoms with Crippen molar-refractivity contribution in [2.24, 2.45) is 0 Å². The van der Waals surface area contributed by atoms with Gasteiger partial charge in [-0.3, -0.25) is 9.78 Å². The van der Waals surface area contributed by atoms with Crippen molar-refractivity contribution in [3.05, 3.63) is 59.2 Å². The van der Waals surface area contributed by atoms with E-state index in [1.807, 2.05) is 24.4 Å². The van der Waals surface area contributed by atoms with Gasteiger partial charge in [0.2, 0.25) is 0 Å². The SMILES string of the molecule is CCc1ccc(CNC(=O)c2ccc3nc(C4CCCCC4)oc3c2)nc1. The van der Waals surface area contributed by atoms with Crippen LogP contribution in [0.4, 0.5) is 0 Å². The molecule has 1 aliphatic rings. The quantitative estimate of drug-likeness (QED) is 0.709. The molecule has 1 N–H and O–H groups in total. The van der Waals surface area contributed by atoms with Gasteiger partial charge in [-0.2, -0.15) is 0 Å². The Bertz CT molecular complexity index is 924. The first kappa shape index (κ1) is 17.7. The fourth-order valence-corrected chi connectivity index (χ4v) is 3.65. The van der Waals surface area contributed by atoms with Crippen molar-refractivity contribution in [1.29, 1.82) is 0 Å². The van der Waals surface area contributed by atoms with Crippen LogP contribution in [0.15, 0.2) is 40.9 Å². The van der Waals surface area contributed by atoms with Gasteiger partial charge in [0.15, 0.2) is 11.5 Å². The Kier molecular flexibility index (Phi) is 5.19. The van der Waals surface area contributed by atoms with Crippen LogP contribution in [0.5, 0.6) is 0 Å². The highest BCUT2D eigenvalue weighted by atomic mass is 16.3. The molecular weight excluding hydrogens is 338 g/mol. The van der Waals surface area contributed by atoms with Crippen LogP contribution < -0.4 is 5.32 Å². The number of oxazole rings is 1. The average Bonchev–Trinajstić information content (AvgIpc) is 3.16. The largest absolute Gasteiger partial charge is 0.440 e. The predicted octanol–water partition coefficient (Wildman–Crippen LogP) is 4.76. The zero-order valence-electron chi connectivity index (χ0n) is 15.7. The molecular formula is C22H25N3O2. The summed E-state index contributed by atoms with van der Waals surface area (Å²) in [5, 5.41) is 2.92. The summed E-state index contributed by atoms with van der Waals surface area (Å²) in [5.74, 6) is 1.11. The van der Waals surface area contributed by atoms with E-state index in [4.69, 9.17) is 4.42 Å². The lowest BCUT2D eigenvalue weighted by Gasteiger charge is -2.17. The number of nitrogens with zero attached hydrogens (tertiary/aromatic N) is 2. The summed E-state index contributed by atoms with van der Waals surface area (Å²) in [6, 6.07) is 9.46. The monoisotopic (exact) mass is 363 g/mol. The van der Waals surface area contributed by atoms with Crippen molar-refractivity contribution in [1.82, 2.24) is 15.3 Å². The molecule has 0 atom stereocenters. The molecule has 0 aliphatic heterocycles. The van der Waals surface area contributed by atoms with E-state index in [0.717, 1.165) is 36.4 Å². The molecule has 140 valence electrons. The lowest BCUT2D eigenvalue weighted by molar-refractivity contribution is 0.0950. The number of rotatable bonds is 5. The normalized spacial score (nSPS) is 15.1. The van der Waals surface area contributed by atoms with Crippen LogP contribution in [0.3, 0.4) is 0 Å². The lowest BCUT2D eigenvalue weighted by Crippen LogP contribution is -2.23. The molecule has 0 spiro atoms. The van der Waals surface area contributed by atoms with Gasteiger partial charge in [0.1, 0.15) is 5.52 Å². The smallest absolute Gasteiger partial charge is 0.251 e. The lowest BCUT2D eigenvalue weighted by atomic mass is 9.89. The van der Waals surface area contributed by atoms with E-state index in [1.165, 1.54) is 24.8 Å². The number of fused-ring (bicyclic) bond motifs is 1. The fraction of sp³-hybridized carbons (Fsp3) is 0.409. The number of aromatic nitrogens is 2. The maximum atomic E-state index is 12.5. The Balaban J connectivity index is 1.44. The number of aryl methyl sites for hydroxylation is 1. The highest BCUT2D eigenvalue weighted by Crippen LogP contribution is 2.33. The van der Waals surface area contributed by atoms with Crippen LogP contribution in [0.1, 0.15) is 72.5 Å².